The maximum absolute atomic E-state index is 13.2. The van der Waals surface area contributed by atoms with Gasteiger partial charge < -0.3 is 4.74 Å². The Balaban J connectivity index is 1.55. The Kier molecular flexibility index (Phi) is 4.35. The number of ether oxygens (including phenoxy) is 1. The van der Waals surface area contributed by atoms with E-state index in [0.29, 0.717) is 29.5 Å². The Hall–Kier alpha value is -2.19. The van der Waals surface area contributed by atoms with Crippen LogP contribution in [0.3, 0.4) is 0 Å². The molecular formula is C18H16ClFN2O4S. The van der Waals surface area contributed by atoms with Crippen molar-refractivity contribution in [3.05, 3.63) is 52.9 Å². The van der Waals surface area contributed by atoms with Crippen LogP contribution in [0.15, 0.2) is 41.4 Å². The minimum Gasteiger partial charge on any atom is -0.477 e. The Morgan fingerprint density at radius 3 is 2.63 bits per heavy atom. The molecule has 2 aliphatic carbocycles. The second-order valence-electron chi connectivity index (χ2n) is 6.79. The van der Waals surface area contributed by atoms with Gasteiger partial charge in [-0.3, -0.25) is 4.79 Å². The van der Waals surface area contributed by atoms with Crippen molar-refractivity contribution >= 4 is 27.5 Å². The van der Waals surface area contributed by atoms with Gasteiger partial charge in [0.2, 0.25) is 5.95 Å². The molecule has 1 aromatic carbocycles. The van der Waals surface area contributed by atoms with Crippen LogP contribution in [-0.2, 0) is 14.8 Å². The van der Waals surface area contributed by atoms with E-state index in [2.05, 4.69) is 4.98 Å². The summed E-state index contributed by atoms with van der Waals surface area (Å²) in [6.45, 7) is 0. The molecule has 0 bridgehead atoms. The van der Waals surface area contributed by atoms with Crippen molar-refractivity contribution in [2.75, 3.05) is 0 Å². The first kappa shape index (κ1) is 18.2. The largest absolute Gasteiger partial charge is 0.477 e. The summed E-state index contributed by atoms with van der Waals surface area (Å²) < 4.78 is 45.7. The highest BCUT2D eigenvalue weighted by atomic mass is 35.5. The molecule has 2 aliphatic rings. The van der Waals surface area contributed by atoms with Crippen molar-refractivity contribution in [1.29, 1.82) is 0 Å². The zero-order chi connectivity index (χ0) is 19.2. The number of hydrogen-bond acceptors (Lipinski definition) is 5. The zero-order valence-electron chi connectivity index (χ0n) is 14.1. The summed E-state index contributed by atoms with van der Waals surface area (Å²) in [5.74, 6) is -0.874. The lowest BCUT2D eigenvalue weighted by atomic mass is 10.1. The number of benzene rings is 1. The van der Waals surface area contributed by atoms with E-state index in [-0.39, 0.29) is 0 Å². The van der Waals surface area contributed by atoms with Crippen LogP contribution in [0.2, 0.25) is 5.02 Å². The molecule has 27 heavy (non-hydrogen) atoms. The van der Waals surface area contributed by atoms with Gasteiger partial charge >= 0.3 is 0 Å². The van der Waals surface area contributed by atoms with E-state index < -0.39 is 32.5 Å². The first-order valence-electron chi connectivity index (χ1n) is 8.47. The van der Waals surface area contributed by atoms with Crippen LogP contribution in [-0.4, -0.2) is 24.9 Å². The molecule has 4 rings (SSSR count). The third-order valence-electron chi connectivity index (χ3n) is 4.61. The number of pyridine rings is 1. The van der Waals surface area contributed by atoms with E-state index in [1.54, 1.807) is 12.1 Å². The van der Waals surface area contributed by atoms with Crippen LogP contribution >= 0.6 is 11.6 Å². The number of nitrogens with zero attached hydrogens (tertiary/aromatic N) is 1. The van der Waals surface area contributed by atoms with Crippen LogP contribution in [0.1, 0.15) is 37.2 Å². The maximum atomic E-state index is 13.2. The monoisotopic (exact) mass is 410 g/mol. The molecule has 142 valence electrons. The van der Waals surface area contributed by atoms with Gasteiger partial charge in [0.05, 0.1) is 0 Å². The van der Waals surface area contributed by atoms with Crippen LogP contribution in [0.25, 0.3) is 0 Å². The van der Waals surface area contributed by atoms with Gasteiger partial charge in [0.25, 0.3) is 15.9 Å². The molecule has 0 unspecified atom stereocenters. The second kappa shape index (κ2) is 6.45. The van der Waals surface area contributed by atoms with Gasteiger partial charge in [-0.15, -0.1) is 0 Å². The van der Waals surface area contributed by atoms with E-state index in [4.69, 9.17) is 16.3 Å². The molecule has 0 atom stereocenters. The minimum absolute atomic E-state index is 0.372. The number of hydrogen-bond donors (Lipinski definition) is 1. The SMILES string of the molecule is O=C(NS(=O)(=O)c1cccc(F)n1)C1(Oc2cc(Cl)ccc2C2CC2)CC1. The third-order valence-corrected chi connectivity index (χ3v) is 6.08. The van der Waals surface area contributed by atoms with Gasteiger partial charge in [-0.25, -0.2) is 9.71 Å². The molecule has 1 amide bonds. The third kappa shape index (κ3) is 3.77. The number of rotatable bonds is 6. The Morgan fingerprint density at radius 1 is 1.26 bits per heavy atom. The molecule has 0 spiro atoms. The number of carbonyl (C=O) groups excluding carboxylic acids is 1. The summed E-state index contributed by atoms with van der Waals surface area (Å²) in [6.07, 6.45) is 2.83. The predicted octanol–water partition coefficient (Wildman–Crippen LogP) is 3.17. The molecule has 1 aromatic heterocycles. The van der Waals surface area contributed by atoms with E-state index in [0.717, 1.165) is 30.5 Å². The molecule has 0 aliphatic heterocycles. The van der Waals surface area contributed by atoms with Crippen LogP contribution in [0.5, 0.6) is 5.75 Å². The Labute approximate surface area is 160 Å². The number of nitrogens with one attached hydrogen (secondary N) is 1. The fourth-order valence-corrected chi connectivity index (χ4v) is 4.00. The van der Waals surface area contributed by atoms with Gasteiger partial charge in [-0.2, -0.15) is 12.8 Å². The van der Waals surface area contributed by atoms with Gasteiger partial charge in [-0.05, 0) is 48.6 Å². The summed E-state index contributed by atoms with van der Waals surface area (Å²) in [4.78, 5) is 15.9. The van der Waals surface area contributed by atoms with E-state index in [1.165, 1.54) is 6.07 Å². The topological polar surface area (TPSA) is 85.4 Å². The van der Waals surface area contributed by atoms with E-state index in [1.807, 2.05) is 10.8 Å². The summed E-state index contributed by atoms with van der Waals surface area (Å²) in [5.41, 5.74) is -0.303. The van der Waals surface area contributed by atoms with Crippen molar-refractivity contribution in [2.24, 2.45) is 0 Å². The maximum Gasteiger partial charge on any atom is 0.281 e. The van der Waals surface area contributed by atoms with Gasteiger partial charge in [0, 0.05) is 17.9 Å². The number of amides is 1. The highest BCUT2D eigenvalue weighted by molar-refractivity contribution is 7.90. The number of sulfonamides is 1. The minimum atomic E-state index is -4.30. The predicted molar refractivity (Wildman–Crippen MR) is 95.5 cm³/mol. The first-order valence-corrected chi connectivity index (χ1v) is 10.3. The van der Waals surface area contributed by atoms with Gasteiger partial charge in [0.15, 0.2) is 10.6 Å². The lowest BCUT2D eigenvalue weighted by Gasteiger charge is -2.20. The summed E-state index contributed by atoms with van der Waals surface area (Å²) in [6, 6.07) is 8.62. The normalized spacial score (nSPS) is 18.0. The lowest BCUT2D eigenvalue weighted by Crippen LogP contribution is -2.43. The summed E-state index contributed by atoms with van der Waals surface area (Å²) >= 11 is 6.05. The summed E-state index contributed by atoms with van der Waals surface area (Å²) in [5, 5.41) is -0.0877. The molecule has 0 radical (unpaired) electrons. The van der Waals surface area contributed by atoms with E-state index >= 15 is 0 Å². The molecule has 2 fully saturated rings. The van der Waals surface area contributed by atoms with Crippen LogP contribution in [0, 0.1) is 5.95 Å². The number of carbonyl (C=O) groups is 1. The van der Waals surface area contributed by atoms with Crippen molar-refractivity contribution in [3.63, 3.8) is 0 Å². The lowest BCUT2D eigenvalue weighted by molar-refractivity contribution is -0.127. The average molecular weight is 411 g/mol. The molecule has 1 heterocycles. The molecule has 0 saturated heterocycles. The molecule has 1 N–H and O–H groups in total. The molecule has 2 saturated carbocycles. The first-order chi connectivity index (χ1) is 12.8. The smallest absolute Gasteiger partial charge is 0.281 e. The fraction of sp³-hybridized carbons (Fsp3) is 0.333. The van der Waals surface area contributed by atoms with Crippen LogP contribution < -0.4 is 9.46 Å². The zero-order valence-corrected chi connectivity index (χ0v) is 15.7. The Morgan fingerprint density at radius 2 is 2.00 bits per heavy atom. The van der Waals surface area contributed by atoms with Crippen molar-refractivity contribution in [3.8, 4) is 5.75 Å². The molecule has 9 heteroatoms. The molecule has 2 aromatic rings. The Bertz CT molecular complexity index is 1020. The highest BCUT2D eigenvalue weighted by Gasteiger charge is 2.54. The quantitative estimate of drug-likeness (QED) is 0.739. The molecule has 6 nitrogen and oxygen atoms in total. The van der Waals surface area contributed by atoms with Crippen molar-refractivity contribution < 1.29 is 22.3 Å². The average Bonchev–Trinajstić information content (AvgIpc) is 3.50. The van der Waals surface area contributed by atoms with Crippen molar-refractivity contribution in [2.45, 2.75) is 42.2 Å². The van der Waals surface area contributed by atoms with Gasteiger partial charge in [-0.1, -0.05) is 23.7 Å². The van der Waals surface area contributed by atoms with Gasteiger partial charge in [0.1, 0.15) is 5.75 Å². The van der Waals surface area contributed by atoms with Crippen LogP contribution in [0.4, 0.5) is 4.39 Å². The second-order valence-corrected chi connectivity index (χ2v) is 8.85. The standard InChI is InChI=1S/C18H16ClFN2O4S/c19-12-6-7-13(11-4-5-11)14(10-12)26-18(8-9-18)17(23)22-27(24,25)16-3-1-2-15(20)21-16/h1-3,6-7,10-11H,4-5,8-9H2,(H,22,23). The fourth-order valence-electron chi connectivity index (χ4n) is 2.83. The summed E-state index contributed by atoms with van der Waals surface area (Å²) in [7, 11) is -4.30. The number of halogens is 2. The number of aromatic nitrogens is 1. The molecular weight excluding hydrogens is 395 g/mol. The highest BCUT2D eigenvalue weighted by Crippen LogP contribution is 2.48. The van der Waals surface area contributed by atoms with Crippen molar-refractivity contribution in [1.82, 2.24) is 9.71 Å². The van der Waals surface area contributed by atoms with E-state index in [9.17, 15) is 17.6 Å².